The lowest BCUT2D eigenvalue weighted by Gasteiger charge is -2.35. The lowest BCUT2D eigenvalue weighted by molar-refractivity contribution is -0.133. The van der Waals surface area contributed by atoms with Crippen LogP contribution in [0.3, 0.4) is 0 Å². The number of anilines is 1. The largest absolute Gasteiger partial charge is 0.332 e. The number of halogens is 1. The Morgan fingerprint density at radius 2 is 1.74 bits per heavy atom. The third-order valence-electron chi connectivity index (χ3n) is 6.37. The number of benzene rings is 2. The lowest BCUT2D eigenvalue weighted by atomic mass is 9.94. The van der Waals surface area contributed by atoms with Crippen LogP contribution in [0.15, 0.2) is 71.2 Å². The van der Waals surface area contributed by atoms with Crippen LogP contribution in [0.4, 0.5) is 10.5 Å². The minimum atomic E-state index is -0.213. The molecule has 7 heteroatoms. The number of nitrogens with one attached hydrogen (secondary N) is 1. The maximum atomic E-state index is 13.7. The Bertz CT molecular complexity index is 1130. The van der Waals surface area contributed by atoms with Gasteiger partial charge in [-0.15, -0.1) is 11.3 Å². The zero-order valence-corrected chi connectivity index (χ0v) is 22.5. The smallest absolute Gasteiger partial charge is 0.322 e. The van der Waals surface area contributed by atoms with Crippen molar-refractivity contribution in [3.63, 3.8) is 0 Å². The summed E-state index contributed by atoms with van der Waals surface area (Å²) in [5.41, 5.74) is 1.80. The molecule has 0 atom stereocenters. The number of nitrogens with zero attached hydrogens (tertiary/aromatic N) is 2. The zero-order chi connectivity index (χ0) is 24.6. The Morgan fingerprint density at radius 1 is 0.971 bits per heavy atom. The second kappa shape index (κ2) is 12.4. The van der Waals surface area contributed by atoms with Crippen LogP contribution >= 0.6 is 27.3 Å². The lowest BCUT2D eigenvalue weighted by Crippen LogP contribution is -2.49. The SMILES string of the molecule is Cc1ccc(CN(Cc2ccccc2)C(=O)CN(C(=O)Nc2cccc(Br)c2)C2CCCCC2)s1. The number of aryl methyl sites for hydroxylation is 1. The Morgan fingerprint density at radius 3 is 2.43 bits per heavy atom. The molecule has 2 aromatic carbocycles. The number of urea groups is 1. The van der Waals surface area contributed by atoms with Crippen LogP contribution in [0, 0.1) is 6.92 Å². The van der Waals surface area contributed by atoms with E-state index in [-0.39, 0.29) is 24.5 Å². The van der Waals surface area contributed by atoms with Gasteiger partial charge in [-0.05, 0) is 55.7 Å². The summed E-state index contributed by atoms with van der Waals surface area (Å²) in [6, 6.07) is 21.6. The molecule has 1 saturated carbocycles. The van der Waals surface area contributed by atoms with Crippen molar-refractivity contribution < 1.29 is 9.59 Å². The number of carbonyl (C=O) groups is 2. The standard InChI is InChI=1S/C28H32BrN3O2S/c1-21-15-16-26(35-21)19-31(18-22-9-4-2-5-10-22)27(33)20-32(25-13-6-3-7-14-25)28(34)30-24-12-8-11-23(29)17-24/h2,4-5,8-12,15-17,25H,3,6-7,13-14,18-20H2,1H3,(H,30,34). The van der Waals surface area contributed by atoms with Crippen molar-refractivity contribution in [3.05, 3.63) is 86.5 Å². The summed E-state index contributed by atoms with van der Waals surface area (Å²) >= 11 is 5.17. The van der Waals surface area contributed by atoms with Crippen molar-refractivity contribution in [2.24, 2.45) is 0 Å². The third kappa shape index (κ3) is 7.42. The van der Waals surface area contributed by atoms with Gasteiger partial charge in [0.2, 0.25) is 5.91 Å². The molecular formula is C28H32BrN3O2S. The van der Waals surface area contributed by atoms with Gasteiger partial charge in [-0.1, -0.05) is 71.6 Å². The van der Waals surface area contributed by atoms with Gasteiger partial charge >= 0.3 is 6.03 Å². The van der Waals surface area contributed by atoms with Crippen molar-refractivity contribution in [3.8, 4) is 0 Å². The molecule has 1 fully saturated rings. The van der Waals surface area contributed by atoms with Gasteiger partial charge in [0, 0.05) is 32.5 Å². The highest BCUT2D eigenvalue weighted by Gasteiger charge is 2.29. The Labute approximate surface area is 220 Å². The number of carbonyl (C=O) groups excluding carboxylic acids is 2. The van der Waals surface area contributed by atoms with Crippen molar-refractivity contribution in [1.29, 1.82) is 0 Å². The average molecular weight is 555 g/mol. The van der Waals surface area contributed by atoms with Crippen LogP contribution in [-0.2, 0) is 17.9 Å². The Hall–Kier alpha value is -2.64. The van der Waals surface area contributed by atoms with Crippen LogP contribution < -0.4 is 5.32 Å². The molecule has 1 heterocycles. The summed E-state index contributed by atoms with van der Waals surface area (Å²) in [7, 11) is 0. The predicted molar refractivity (Wildman–Crippen MR) is 146 cm³/mol. The highest BCUT2D eigenvalue weighted by Crippen LogP contribution is 2.25. The normalized spacial score (nSPS) is 13.9. The fourth-order valence-electron chi connectivity index (χ4n) is 4.56. The molecule has 0 unspecified atom stereocenters. The monoisotopic (exact) mass is 553 g/mol. The molecule has 1 aromatic heterocycles. The number of hydrogen-bond acceptors (Lipinski definition) is 3. The highest BCUT2D eigenvalue weighted by atomic mass is 79.9. The predicted octanol–water partition coefficient (Wildman–Crippen LogP) is 7.21. The molecule has 0 aliphatic heterocycles. The van der Waals surface area contributed by atoms with Gasteiger partial charge in [0.25, 0.3) is 0 Å². The highest BCUT2D eigenvalue weighted by molar-refractivity contribution is 9.10. The minimum Gasteiger partial charge on any atom is -0.332 e. The van der Waals surface area contributed by atoms with E-state index >= 15 is 0 Å². The third-order valence-corrected chi connectivity index (χ3v) is 7.85. The van der Waals surface area contributed by atoms with E-state index in [2.05, 4.69) is 40.3 Å². The van der Waals surface area contributed by atoms with Gasteiger partial charge in [-0.25, -0.2) is 4.79 Å². The summed E-state index contributed by atoms with van der Waals surface area (Å²) in [5.74, 6) is -0.0325. The Kier molecular flexibility index (Phi) is 8.99. The molecule has 0 radical (unpaired) electrons. The van der Waals surface area contributed by atoms with Crippen LogP contribution in [0.5, 0.6) is 0 Å². The number of hydrogen-bond donors (Lipinski definition) is 1. The maximum absolute atomic E-state index is 13.7. The fraction of sp³-hybridized carbons (Fsp3) is 0.357. The molecule has 0 spiro atoms. The van der Waals surface area contributed by atoms with E-state index in [1.165, 1.54) is 11.3 Å². The van der Waals surface area contributed by atoms with Gasteiger partial charge in [-0.2, -0.15) is 0 Å². The quantitative estimate of drug-likeness (QED) is 0.320. The van der Waals surface area contributed by atoms with Crippen molar-refractivity contribution in [2.45, 2.75) is 58.2 Å². The first-order valence-corrected chi connectivity index (χ1v) is 13.8. The number of thiophene rings is 1. The van der Waals surface area contributed by atoms with E-state index in [0.29, 0.717) is 18.8 Å². The van der Waals surface area contributed by atoms with Gasteiger partial charge in [0.05, 0.1) is 6.54 Å². The van der Waals surface area contributed by atoms with Gasteiger partial charge in [0.1, 0.15) is 6.54 Å². The van der Waals surface area contributed by atoms with E-state index in [4.69, 9.17) is 0 Å². The van der Waals surface area contributed by atoms with E-state index in [9.17, 15) is 9.59 Å². The summed E-state index contributed by atoms with van der Waals surface area (Å²) in [6.45, 7) is 3.21. The van der Waals surface area contributed by atoms with Gasteiger partial charge < -0.3 is 15.1 Å². The second-order valence-electron chi connectivity index (χ2n) is 9.11. The van der Waals surface area contributed by atoms with Gasteiger partial charge in [-0.3, -0.25) is 4.79 Å². The van der Waals surface area contributed by atoms with Crippen LogP contribution in [0.25, 0.3) is 0 Å². The van der Waals surface area contributed by atoms with Gasteiger partial charge in [0.15, 0.2) is 0 Å². The van der Waals surface area contributed by atoms with Crippen LogP contribution in [-0.4, -0.2) is 34.3 Å². The molecule has 1 N–H and O–H groups in total. The molecule has 4 rings (SSSR count). The van der Waals surface area contributed by atoms with Crippen molar-refractivity contribution in [2.75, 3.05) is 11.9 Å². The van der Waals surface area contributed by atoms with Crippen molar-refractivity contribution >= 4 is 44.9 Å². The van der Waals surface area contributed by atoms with E-state index in [0.717, 1.165) is 40.6 Å². The molecule has 3 amide bonds. The van der Waals surface area contributed by atoms with Crippen molar-refractivity contribution in [1.82, 2.24) is 9.80 Å². The van der Waals surface area contributed by atoms with Crippen LogP contribution in [0.2, 0.25) is 0 Å². The van der Waals surface area contributed by atoms with E-state index < -0.39 is 0 Å². The molecule has 184 valence electrons. The second-order valence-corrected chi connectivity index (χ2v) is 11.4. The first-order chi connectivity index (χ1) is 17.0. The summed E-state index contributed by atoms with van der Waals surface area (Å²) in [6.07, 6.45) is 5.22. The minimum absolute atomic E-state index is 0.0325. The van der Waals surface area contributed by atoms with E-state index in [1.54, 1.807) is 16.2 Å². The molecule has 1 aliphatic carbocycles. The Balaban J connectivity index is 1.54. The zero-order valence-electron chi connectivity index (χ0n) is 20.1. The topological polar surface area (TPSA) is 52.7 Å². The average Bonchev–Trinajstić information content (AvgIpc) is 3.27. The number of rotatable bonds is 8. The first kappa shape index (κ1) is 25.5. The summed E-state index contributed by atoms with van der Waals surface area (Å²) in [4.78, 5) is 33.2. The van der Waals surface area contributed by atoms with Crippen LogP contribution in [0.1, 0.15) is 47.4 Å². The number of amides is 3. The molecule has 0 saturated heterocycles. The summed E-state index contributed by atoms with van der Waals surface area (Å²) in [5, 5.41) is 3.02. The molecule has 1 aliphatic rings. The molecule has 35 heavy (non-hydrogen) atoms. The molecule has 3 aromatic rings. The maximum Gasteiger partial charge on any atom is 0.322 e. The molecular weight excluding hydrogens is 522 g/mol. The first-order valence-electron chi connectivity index (χ1n) is 12.2. The molecule has 0 bridgehead atoms. The fourth-order valence-corrected chi connectivity index (χ4v) is 5.87. The van der Waals surface area contributed by atoms with E-state index in [1.807, 2.05) is 59.5 Å². The summed E-state index contributed by atoms with van der Waals surface area (Å²) < 4.78 is 0.899. The molecule has 5 nitrogen and oxygen atoms in total.